The van der Waals surface area contributed by atoms with E-state index in [-0.39, 0.29) is 12.5 Å². The van der Waals surface area contributed by atoms with Gasteiger partial charge in [-0.05, 0) is 31.5 Å². The molecule has 0 radical (unpaired) electrons. The van der Waals surface area contributed by atoms with Crippen LogP contribution in [-0.4, -0.2) is 54.4 Å². The van der Waals surface area contributed by atoms with Gasteiger partial charge in [0.25, 0.3) is 0 Å². The summed E-state index contributed by atoms with van der Waals surface area (Å²) in [5.74, 6) is -0.0811. The summed E-state index contributed by atoms with van der Waals surface area (Å²) >= 11 is 0. The van der Waals surface area contributed by atoms with Crippen molar-refractivity contribution in [3.63, 3.8) is 0 Å². The molecule has 5 heteroatoms. The second-order valence-electron chi connectivity index (χ2n) is 5.61. The van der Waals surface area contributed by atoms with Gasteiger partial charge in [-0.25, -0.2) is 0 Å². The third-order valence-corrected chi connectivity index (χ3v) is 3.62. The molecular weight excluding hydrogens is 270 g/mol. The number of hydrogen-bond donors (Lipinski definition) is 1. The molecule has 1 aliphatic rings. The summed E-state index contributed by atoms with van der Waals surface area (Å²) in [7, 11) is 0. The molecule has 1 unspecified atom stereocenters. The summed E-state index contributed by atoms with van der Waals surface area (Å²) in [5.41, 5.74) is 0.773. The zero-order chi connectivity index (χ0) is 15.2. The zero-order valence-electron chi connectivity index (χ0n) is 12.6. The Morgan fingerprint density at radius 2 is 2.14 bits per heavy atom. The molecule has 116 valence electrons. The predicted molar refractivity (Wildman–Crippen MR) is 79.7 cm³/mol. The van der Waals surface area contributed by atoms with Crippen molar-refractivity contribution < 1.29 is 19.4 Å². The third kappa shape index (κ3) is 5.02. The van der Waals surface area contributed by atoms with Crippen molar-refractivity contribution in [2.75, 3.05) is 26.3 Å². The normalized spacial score (nSPS) is 19.7. The fourth-order valence-electron chi connectivity index (χ4n) is 2.38. The lowest BCUT2D eigenvalue weighted by Crippen LogP contribution is -2.47. The van der Waals surface area contributed by atoms with Gasteiger partial charge in [-0.15, -0.1) is 0 Å². The standard InChI is InChI=1S/C16H23NO4/c1-12(2)17-7-8-20-15(10-17)11-21-14-5-3-13(4-6-14)9-16(18)19/h3-6,12,15H,7-11H2,1-2H3,(H,18,19). The number of aliphatic carboxylic acids is 1. The summed E-state index contributed by atoms with van der Waals surface area (Å²) in [4.78, 5) is 13.0. The van der Waals surface area contributed by atoms with Crippen LogP contribution in [0.15, 0.2) is 24.3 Å². The number of ether oxygens (including phenoxy) is 2. The molecule has 1 saturated heterocycles. The van der Waals surface area contributed by atoms with Gasteiger partial charge < -0.3 is 14.6 Å². The quantitative estimate of drug-likeness (QED) is 0.866. The molecule has 0 amide bonds. The molecule has 1 N–H and O–H groups in total. The van der Waals surface area contributed by atoms with Crippen LogP contribution in [0.4, 0.5) is 0 Å². The summed E-state index contributed by atoms with van der Waals surface area (Å²) < 4.78 is 11.4. The van der Waals surface area contributed by atoms with E-state index >= 15 is 0 Å². The Hall–Kier alpha value is -1.59. The lowest BCUT2D eigenvalue weighted by atomic mass is 10.1. The minimum Gasteiger partial charge on any atom is -0.491 e. The van der Waals surface area contributed by atoms with E-state index in [1.54, 1.807) is 24.3 Å². The van der Waals surface area contributed by atoms with Crippen LogP contribution in [-0.2, 0) is 16.0 Å². The second kappa shape index (κ2) is 7.43. The Labute approximate surface area is 125 Å². The summed E-state index contributed by atoms with van der Waals surface area (Å²) in [6.45, 7) is 7.48. The van der Waals surface area contributed by atoms with E-state index in [0.717, 1.165) is 31.0 Å². The Balaban J connectivity index is 1.81. The minimum absolute atomic E-state index is 0.0371. The van der Waals surface area contributed by atoms with Crippen LogP contribution in [0.2, 0.25) is 0 Å². The Morgan fingerprint density at radius 1 is 1.43 bits per heavy atom. The fourth-order valence-corrected chi connectivity index (χ4v) is 2.38. The van der Waals surface area contributed by atoms with E-state index in [1.807, 2.05) is 0 Å². The van der Waals surface area contributed by atoms with E-state index in [1.165, 1.54) is 0 Å². The van der Waals surface area contributed by atoms with Crippen molar-refractivity contribution in [1.29, 1.82) is 0 Å². The largest absolute Gasteiger partial charge is 0.491 e. The molecule has 0 saturated carbocycles. The second-order valence-corrected chi connectivity index (χ2v) is 5.61. The van der Waals surface area contributed by atoms with E-state index in [0.29, 0.717) is 12.6 Å². The Kier molecular flexibility index (Phi) is 5.59. The van der Waals surface area contributed by atoms with Gasteiger partial charge in [-0.2, -0.15) is 0 Å². The van der Waals surface area contributed by atoms with Gasteiger partial charge in [0.15, 0.2) is 0 Å². The fraction of sp³-hybridized carbons (Fsp3) is 0.562. The molecular formula is C16H23NO4. The molecule has 0 aliphatic carbocycles. The number of carboxylic acids is 1. The van der Waals surface area contributed by atoms with Crippen molar-refractivity contribution in [2.45, 2.75) is 32.4 Å². The lowest BCUT2D eigenvalue weighted by Gasteiger charge is -2.35. The molecule has 1 aromatic rings. The molecule has 0 spiro atoms. The molecule has 5 nitrogen and oxygen atoms in total. The van der Waals surface area contributed by atoms with Gasteiger partial charge in [-0.1, -0.05) is 12.1 Å². The first-order valence-electron chi connectivity index (χ1n) is 7.34. The third-order valence-electron chi connectivity index (χ3n) is 3.62. The Bertz CT molecular complexity index is 458. The van der Waals surface area contributed by atoms with Crippen LogP contribution < -0.4 is 4.74 Å². The van der Waals surface area contributed by atoms with Crippen LogP contribution in [0.3, 0.4) is 0 Å². The molecule has 1 aromatic carbocycles. The first kappa shape index (κ1) is 15.8. The van der Waals surface area contributed by atoms with Crippen molar-refractivity contribution >= 4 is 5.97 Å². The molecule has 1 aliphatic heterocycles. The van der Waals surface area contributed by atoms with Gasteiger partial charge in [-0.3, -0.25) is 9.69 Å². The smallest absolute Gasteiger partial charge is 0.307 e. The predicted octanol–water partition coefficient (Wildman–Crippen LogP) is 1.80. The van der Waals surface area contributed by atoms with Crippen molar-refractivity contribution in [3.05, 3.63) is 29.8 Å². The van der Waals surface area contributed by atoms with E-state index in [2.05, 4.69) is 18.7 Å². The van der Waals surface area contributed by atoms with E-state index in [9.17, 15) is 4.79 Å². The van der Waals surface area contributed by atoms with Gasteiger partial charge in [0, 0.05) is 19.1 Å². The molecule has 21 heavy (non-hydrogen) atoms. The Morgan fingerprint density at radius 3 is 2.76 bits per heavy atom. The van der Waals surface area contributed by atoms with Gasteiger partial charge in [0.2, 0.25) is 0 Å². The number of hydrogen-bond acceptors (Lipinski definition) is 4. The van der Waals surface area contributed by atoms with Crippen molar-refractivity contribution in [3.8, 4) is 5.75 Å². The number of carboxylic acid groups (broad SMARTS) is 1. The molecule has 2 rings (SSSR count). The van der Waals surface area contributed by atoms with Gasteiger partial charge >= 0.3 is 5.97 Å². The van der Waals surface area contributed by atoms with E-state index in [4.69, 9.17) is 14.6 Å². The molecule has 1 heterocycles. The van der Waals surface area contributed by atoms with Crippen LogP contribution in [0.5, 0.6) is 5.75 Å². The maximum atomic E-state index is 10.6. The highest BCUT2D eigenvalue weighted by Crippen LogP contribution is 2.15. The summed E-state index contributed by atoms with van der Waals surface area (Å²) in [6, 6.07) is 7.70. The van der Waals surface area contributed by atoms with Crippen molar-refractivity contribution in [2.24, 2.45) is 0 Å². The SMILES string of the molecule is CC(C)N1CCOC(COc2ccc(CC(=O)O)cc2)C1. The average molecular weight is 293 g/mol. The monoisotopic (exact) mass is 293 g/mol. The molecule has 1 fully saturated rings. The molecule has 0 bridgehead atoms. The number of benzene rings is 1. The highest BCUT2D eigenvalue weighted by atomic mass is 16.5. The number of morpholine rings is 1. The van der Waals surface area contributed by atoms with Crippen LogP contribution in [0, 0.1) is 0 Å². The first-order chi connectivity index (χ1) is 10.0. The zero-order valence-corrected chi connectivity index (χ0v) is 12.6. The number of nitrogens with zero attached hydrogens (tertiary/aromatic N) is 1. The maximum Gasteiger partial charge on any atom is 0.307 e. The van der Waals surface area contributed by atoms with Gasteiger partial charge in [0.1, 0.15) is 18.5 Å². The average Bonchev–Trinajstić information content (AvgIpc) is 2.46. The molecule has 0 aromatic heterocycles. The molecule has 1 atom stereocenters. The number of carbonyl (C=O) groups is 1. The van der Waals surface area contributed by atoms with Crippen LogP contribution in [0.1, 0.15) is 19.4 Å². The summed E-state index contributed by atoms with van der Waals surface area (Å²) in [5, 5.41) is 8.73. The topological polar surface area (TPSA) is 59.0 Å². The number of rotatable bonds is 6. The van der Waals surface area contributed by atoms with Crippen molar-refractivity contribution in [1.82, 2.24) is 4.90 Å². The van der Waals surface area contributed by atoms with Crippen LogP contribution >= 0.6 is 0 Å². The minimum atomic E-state index is -0.826. The van der Waals surface area contributed by atoms with Crippen LogP contribution in [0.25, 0.3) is 0 Å². The highest BCUT2D eigenvalue weighted by molar-refractivity contribution is 5.70. The summed E-state index contributed by atoms with van der Waals surface area (Å²) in [6.07, 6.45) is 0.120. The lowest BCUT2D eigenvalue weighted by molar-refractivity contribution is -0.136. The maximum absolute atomic E-state index is 10.6. The van der Waals surface area contributed by atoms with Gasteiger partial charge in [0.05, 0.1) is 13.0 Å². The van der Waals surface area contributed by atoms with E-state index < -0.39 is 5.97 Å². The highest BCUT2D eigenvalue weighted by Gasteiger charge is 2.22. The first-order valence-corrected chi connectivity index (χ1v) is 7.34.